The fraction of sp³-hybridized carbons (Fsp3) is 0.776. The number of hydrogen-bond donors (Lipinski definition) is 0. The smallest absolute Gasteiger partial charge is 0.306 e. The second-order valence-electron chi connectivity index (χ2n) is 20.9. The summed E-state index contributed by atoms with van der Waals surface area (Å²) in [5.74, 6) is -0.877. The molecular weight excluding hydrogens is 901 g/mol. The number of ether oxygens (including phenoxy) is 3. The molecule has 0 aromatic heterocycles. The number of esters is 3. The second-order valence-corrected chi connectivity index (χ2v) is 20.9. The molecule has 0 aromatic carbocycles. The van der Waals surface area contributed by atoms with E-state index in [0.717, 1.165) is 103 Å². The van der Waals surface area contributed by atoms with Crippen LogP contribution in [-0.2, 0) is 28.6 Å². The Morgan fingerprint density at radius 3 is 0.877 bits per heavy atom. The van der Waals surface area contributed by atoms with Crippen molar-refractivity contribution in [1.29, 1.82) is 0 Å². The van der Waals surface area contributed by atoms with E-state index >= 15 is 0 Å². The van der Waals surface area contributed by atoms with Gasteiger partial charge in [0, 0.05) is 19.3 Å². The lowest BCUT2D eigenvalue weighted by atomic mass is 10.0. The lowest BCUT2D eigenvalue weighted by Gasteiger charge is -2.18. The minimum Gasteiger partial charge on any atom is -0.462 e. The van der Waals surface area contributed by atoms with Gasteiger partial charge in [0.2, 0.25) is 0 Å². The number of carbonyl (C=O) groups is 3. The van der Waals surface area contributed by atoms with Crippen molar-refractivity contribution in [2.24, 2.45) is 0 Å². The normalized spacial score (nSPS) is 12.5. The van der Waals surface area contributed by atoms with E-state index in [2.05, 4.69) is 93.7 Å². The van der Waals surface area contributed by atoms with E-state index < -0.39 is 6.10 Å². The van der Waals surface area contributed by atoms with E-state index in [4.69, 9.17) is 14.2 Å². The Kier molecular flexibility index (Phi) is 58.7. The highest BCUT2D eigenvalue weighted by Crippen LogP contribution is 2.17. The van der Waals surface area contributed by atoms with Gasteiger partial charge >= 0.3 is 17.9 Å². The molecule has 0 amide bonds. The maximum atomic E-state index is 12.9. The number of hydrogen-bond acceptors (Lipinski definition) is 6. The second kappa shape index (κ2) is 61.4. The van der Waals surface area contributed by atoms with Crippen LogP contribution in [0.1, 0.15) is 316 Å². The number of allylic oxidation sites excluding steroid dienone is 12. The van der Waals surface area contributed by atoms with Crippen LogP contribution < -0.4 is 0 Å². The van der Waals surface area contributed by atoms with Gasteiger partial charge in [-0.1, -0.05) is 280 Å². The van der Waals surface area contributed by atoms with Gasteiger partial charge in [-0.2, -0.15) is 0 Å². The molecule has 0 heterocycles. The Labute approximate surface area is 453 Å². The Morgan fingerprint density at radius 1 is 0.288 bits per heavy atom. The molecule has 0 rings (SSSR count). The van der Waals surface area contributed by atoms with Gasteiger partial charge in [0.1, 0.15) is 13.2 Å². The predicted octanol–water partition coefficient (Wildman–Crippen LogP) is 21.3. The van der Waals surface area contributed by atoms with Gasteiger partial charge in [-0.3, -0.25) is 14.4 Å². The zero-order chi connectivity index (χ0) is 52.9. The Hall–Kier alpha value is -3.15. The average molecular weight is 1020 g/mol. The topological polar surface area (TPSA) is 78.9 Å². The third kappa shape index (κ3) is 59.6. The molecule has 0 saturated heterocycles. The molecular formula is C67H118O6. The van der Waals surface area contributed by atoms with Crippen LogP contribution in [0.25, 0.3) is 0 Å². The lowest BCUT2D eigenvalue weighted by Crippen LogP contribution is -2.30. The maximum Gasteiger partial charge on any atom is 0.306 e. The zero-order valence-corrected chi connectivity index (χ0v) is 48.4. The van der Waals surface area contributed by atoms with Crippen molar-refractivity contribution in [3.63, 3.8) is 0 Å². The molecule has 0 radical (unpaired) electrons. The third-order valence-corrected chi connectivity index (χ3v) is 13.7. The van der Waals surface area contributed by atoms with Crippen LogP contribution in [0, 0.1) is 0 Å². The van der Waals surface area contributed by atoms with Crippen LogP contribution >= 0.6 is 0 Å². The molecule has 73 heavy (non-hydrogen) atoms. The first kappa shape index (κ1) is 69.8. The quantitative estimate of drug-likeness (QED) is 0.0261. The molecule has 1 atom stereocenters. The van der Waals surface area contributed by atoms with Gasteiger partial charge in [0.05, 0.1) is 0 Å². The van der Waals surface area contributed by atoms with E-state index in [1.165, 1.54) is 173 Å². The zero-order valence-electron chi connectivity index (χ0n) is 48.4. The first-order valence-electron chi connectivity index (χ1n) is 31.4. The predicted molar refractivity (Wildman–Crippen MR) is 316 cm³/mol. The number of unbranched alkanes of at least 4 members (excludes halogenated alkanes) is 34. The van der Waals surface area contributed by atoms with Crippen molar-refractivity contribution in [3.05, 3.63) is 72.9 Å². The van der Waals surface area contributed by atoms with Crippen molar-refractivity contribution < 1.29 is 28.6 Å². The standard InChI is InChI=1S/C67H118O6/c1-4-7-10-13-16-19-22-25-27-29-31-32-33-34-35-36-37-39-40-42-45-48-51-54-57-60-66(69)72-63-64(62-71-65(68)59-56-53-50-47-44-24-21-18-15-12-9-6-3)73-67(70)61-58-55-52-49-46-43-41-38-30-28-26-23-20-17-14-11-8-5-2/h7,10,16,18-19,21,25,27,31-32,34-35,64H,4-6,8-9,11-15,17,20,22-24,26,28-30,33,36-63H2,1-3H3/b10-7-,19-16-,21-18-,27-25-,32-31-,35-34-. The summed E-state index contributed by atoms with van der Waals surface area (Å²) in [6.45, 7) is 6.53. The van der Waals surface area contributed by atoms with E-state index in [9.17, 15) is 14.4 Å². The Bertz CT molecular complexity index is 1360. The molecule has 0 aliphatic carbocycles. The summed E-state index contributed by atoms with van der Waals surface area (Å²) in [5.41, 5.74) is 0. The van der Waals surface area contributed by atoms with Gasteiger partial charge in [0.25, 0.3) is 0 Å². The van der Waals surface area contributed by atoms with E-state index in [-0.39, 0.29) is 31.1 Å². The summed E-state index contributed by atoms with van der Waals surface area (Å²) < 4.78 is 16.9. The van der Waals surface area contributed by atoms with Crippen LogP contribution in [-0.4, -0.2) is 37.2 Å². The van der Waals surface area contributed by atoms with Crippen LogP contribution in [0.4, 0.5) is 0 Å². The fourth-order valence-electron chi connectivity index (χ4n) is 9.00. The van der Waals surface area contributed by atoms with Gasteiger partial charge in [0.15, 0.2) is 6.10 Å². The molecule has 0 spiro atoms. The van der Waals surface area contributed by atoms with Gasteiger partial charge < -0.3 is 14.2 Å². The van der Waals surface area contributed by atoms with Crippen molar-refractivity contribution in [2.45, 2.75) is 322 Å². The lowest BCUT2D eigenvalue weighted by molar-refractivity contribution is -0.167. The molecule has 0 aliphatic rings. The van der Waals surface area contributed by atoms with Crippen LogP contribution in [0.2, 0.25) is 0 Å². The summed E-state index contributed by atoms with van der Waals surface area (Å²) in [7, 11) is 0. The van der Waals surface area contributed by atoms with Crippen molar-refractivity contribution in [1.82, 2.24) is 0 Å². The summed E-state index contributed by atoms with van der Waals surface area (Å²) in [6.07, 6.45) is 79.0. The molecule has 0 aromatic rings. The molecule has 0 fully saturated rings. The van der Waals surface area contributed by atoms with E-state index in [1.807, 2.05) is 0 Å². The molecule has 0 N–H and O–H groups in total. The van der Waals surface area contributed by atoms with E-state index in [0.29, 0.717) is 19.3 Å². The summed E-state index contributed by atoms with van der Waals surface area (Å²) in [6, 6.07) is 0. The summed E-state index contributed by atoms with van der Waals surface area (Å²) >= 11 is 0. The Morgan fingerprint density at radius 2 is 0.534 bits per heavy atom. The van der Waals surface area contributed by atoms with Gasteiger partial charge in [-0.15, -0.1) is 0 Å². The maximum absolute atomic E-state index is 12.9. The molecule has 0 aliphatic heterocycles. The highest BCUT2D eigenvalue weighted by Gasteiger charge is 2.19. The summed E-state index contributed by atoms with van der Waals surface area (Å²) in [5, 5.41) is 0. The molecule has 6 heteroatoms. The first-order valence-corrected chi connectivity index (χ1v) is 31.4. The van der Waals surface area contributed by atoms with E-state index in [1.54, 1.807) is 0 Å². The third-order valence-electron chi connectivity index (χ3n) is 13.7. The van der Waals surface area contributed by atoms with Crippen molar-refractivity contribution in [3.8, 4) is 0 Å². The molecule has 0 bridgehead atoms. The minimum atomic E-state index is -0.780. The van der Waals surface area contributed by atoms with Crippen molar-refractivity contribution >= 4 is 17.9 Å². The molecule has 422 valence electrons. The average Bonchev–Trinajstić information content (AvgIpc) is 3.39. The van der Waals surface area contributed by atoms with Crippen LogP contribution in [0.15, 0.2) is 72.9 Å². The fourth-order valence-corrected chi connectivity index (χ4v) is 9.00. The van der Waals surface area contributed by atoms with Gasteiger partial charge in [-0.05, 0) is 89.9 Å². The summed E-state index contributed by atoms with van der Waals surface area (Å²) in [4.78, 5) is 38.2. The van der Waals surface area contributed by atoms with Gasteiger partial charge in [-0.25, -0.2) is 0 Å². The molecule has 6 nitrogen and oxygen atoms in total. The molecule has 1 unspecified atom stereocenters. The monoisotopic (exact) mass is 1020 g/mol. The SMILES string of the molecule is CC/C=C\C/C=C\C/C=C\C/C=C\C/C=C\CCCCCCCCCCCC(=O)OCC(COC(=O)CCCCCCC/C=C\CCCCC)OC(=O)CCCCCCCCCCCCCCCCCCCC. The number of carbonyl (C=O) groups excluding carboxylic acids is 3. The number of rotatable bonds is 57. The minimum absolute atomic E-state index is 0.0783. The van der Waals surface area contributed by atoms with Crippen LogP contribution in [0.5, 0.6) is 0 Å². The highest BCUT2D eigenvalue weighted by atomic mass is 16.6. The first-order chi connectivity index (χ1) is 36.0. The highest BCUT2D eigenvalue weighted by molar-refractivity contribution is 5.71. The Balaban J connectivity index is 4.29. The molecule has 0 saturated carbocycles. The van der Waals surface area contributed by atoms with Crippen molar-refractivity contribution in [2.75, 3.05) is 13.2 Å². The largest absolute Gasteiger partial charge is 0.462 e. The van der Waals surface area contributed by atoms with Crippen LogP contribution in [0.3, 0.4) is 0 Å².